The van der Waals surface area contributed by atoms with Gasteiger partial charge in [-0.25, -0.2) is 4.39 Å². The number of alkyl halides is 1. The van der Waals surface area contributed by atoms with Crippen LogP contribution in [0.25, 0.3) is 0 Å². The van der Waals surface area contributed by atoms with Crippen molar-refractivity contribution in [3.8, 4) is 0 Å². The first-order chi connectivity index (χ1) is 13.1. The highest BCUT2D eigenvalue weighted by atomic mass is 19.1. The number of ether oxygens (including phenoxy) is 1. The number of ketones is 2. The van der Waals surface area contributed by atoms with Gasteiger partial charge in [0.25, 0.3) is 0 Å². The molecule has 1 spiro atoms. The van der Waals surface area contributed by atoms with Crippen molar-refractivity contribution in [1.82, 2.24) is 0 Å². The van der Waals surface area contributed by atoms with Crippen LogP contribution in [0.15, 0.2) is 23.8 Å². The number of aliphatic hydroxyl groups is 2. The summed E-state index contributed by atoms with van der Waals surface area (Å²) in [6, 6.07) is 0. The molecular formula is C22H27FO5. The van der Waals surface area contributed by atoms with Crippen LogP contribution in [0.1, 0.15) is 40.0 Å². The number of epoxide rings is 1. The van der Waals surface area contributed by atoms with Crippen LogP contribution in [-0.4, -0.2) is 51.9 Å². The summed E-state index contributed by atoms with van der Waals surface area (Å²) in [6.07, 6.45) is 4.58. The number of Topliss-reactive ketones (excluding diaryl/α,β-unsaturated/α-hetero) is 1. The van der Waals surface area contributed by atoms with E-state index in [1.54, 1.807) is 6.08 Å². The maximum Gasteiger partial charge on any atom is 0.190 e. The number of carbonyl (C=O) groups is 2. The van der Waals surface area contributed by atoms with Crippen molar-refractivity contribution >= 4 is 11.6 Å². The van der Waals surface area contributed by atoms with Gasteiger partial charge < -0.3 is 14.9 Å². The standard InChI is InChI=1S/C22H27FO5/c1-11-6-13-14-8-16(23)15-7-12(25)4-5-19(15,2)22(14)18(28-22)9-20(13,3)21(11,27)17(26)10-24/h4-5,7,11,13-14,16,18,24,27H,6,8-10H2,1-3H3/t11-,13-,14-,16-,18?,19-,20-,21-,22?/m0/s1. The Morgan fingerprint density at radius 1 is 1.32 bits per heavy atom. The molecule has 4 aliphatic carbocycles. The van der Waals surface area contributed by atoms with Crippen molar-refractivity contribution in [2.45, 2.75) is 63.5 Å². The van der Waals surface area contributed by atoms with Gasteiger partial charge in [0.05, 0.1) is 6.10 Å². The lowest BCUT2D eigenvalue weighted by Gasteiger charge is -2.56. The van der Waals surface area contributed by atoms with E-state index >= 15 is 4.39 Å². The summed E-state index contributed by atoms with van der Waals surface area (Å²) in [5.74, 6) is -1.32. The Kier molecular flexibility index (Phi) is 3.47. The highest BCUT2D eigenvalue weighted by Crippen LogP contribution is 2.76. The van der Waals surface area contributed by atoms with Crippen molar-refractivity contribution in [2.75, 3.05) is 6.61 Å². The van der Waals surface area contributed by atoms with Gasteiger partial charge in [-0.2, -0.15) is 0 Å². The third kappa shape index (κ3) is 1.75. The second-order valence-corrected chi connectivity index (χ2v) is 9.96. The monoisotopic (exact) mass is 390 g/mol. The molecule has 1 heterocycles. The van der Waals surface area contributed by atoms with Crippen LogP contribution >= 0.6 is 0 Å². The zero-order chi connectivity index (χ0) is 20.3. The molecule has 1 saturated heterocycles. The number of rotatable bonds is 2. The van der Waals surface area contributed by atoms with E-state index in [2.05, 4.69) is 0 Å². The molecular weight excluding hydrogens is 363 g/mol. The molecule has 0 aromatic carbocycles. The van der Waals surface area contributed by atoms with Gasteiger partial charge in [-0.1, -0.05) is 19.9 Å². The summed E-state index contributed by atoms with van der Waals surface area (Å²) in [6.45, 7) is 5.00. The Morgan fingerprint density at radius 3 is 2.71 bits per heavy atom. The van der Waals surface area contributed by atoms with Crippen LogP contribution in [0.3, 0.4) is 0 Å². The normalized spacial score (nSPS) is 56.3. The molecule has 0 radical (unpaired) electrons. The molecule has 2 unspecified atom stereocenters. The largest absolute Gasteiger partial charge is 0.388 e. The topological polar surface area (TPSA) is 87.1 Å². The van der Waals surface area contributed by atoms with Gasteiger partial charge in [0, 0.05) is 10.8 Å². The van der Waals surface area contributed by atoms with E-state index in [1.165, 1.54) is 12.2 Å². The van der Waals surface area contributed by atoms with Crippen molar-refractivity contribution in [3.05, 3.63) is 23.8 Å². The number of carbonyl (C=O) groups excluding carboxylic acids is 2. The third-order valence-corrected chi connectivity index (χ3v) is 9.07. The molecule has 28 heavy (non-hydrogen) atoms. The van der Waals surface area contributed by atoms with Gasteiger partial charge >= 0.3 is 0 Å². The molecule has 5 nitrogen and oxygen atoms in total. The first kappa shape index (κ1) is 18.6. The molecule has 6 heteroatoms. The number of halogens is 1. The lowest BCUT2D eigenvalue weighted by Crippen LogP contribution is -2.63. The van der Waals surface area contributed by atoms with Gasteiger partial charge in [-0.15, -0.1) is 0 Å². The second kappa shape index (κ2) is 5.21. The summed E-state index contributed by atoms with van der Waals surface area (Å²) >= 11 is 0. The summed E-state index contributed by atoms with van der Waals surface area (Å²) < 4.78 is 21.6. The molecule has 3 saturated carbocycles. The smallest absolute Gasteiger partial charge is 0.190 e. The lowest BCUT2D eigenvalue weighted by molar-refractivity contribution is -0.166. The first-order valence-corrected chi connectivity index (χ1v) is 10.2. The second-order valence-electron chi connectivity index (χ2n) is 9.96. The molecule has 2 N–H and O–H groups in total. The number of allylic oxidation sites excluding steroid dienone is 2. The minimum atomic E-state index is -1.63. The zero-order valence-electron chi connectivity index (χ0n) is 16.4. The fourth-order valence-electron chi connectivity index (χ4n) is 7.69. The summed E-state index contributed by atoms with van der Waals surface area (Å²) in [5, 5.41) is 21.0. The van der Waals surface area contributed by atoms with Gasteiger partial charge in [0.1, 0.15) is 24.0 Å². The average Bonchev–Trinajstić information content (AvgIpc) is 3.34. The molecule has 152 valence electrons. The average molecular weight is 390 g/mol. The van der Waals surface area contributed by atoms with Crippen molar-refractivity contribution in [3.63, 3.8) is 0 Å². The molecule has 0 aromatic rings. The Labute approximate surface area is 163 Å². The zero-order valence-corrected chi connectivity index (χ0v) is 16.4. The molecule has 0 bridgehead atoms. The fraction of sp³-hybridized carbons (Fsp3) is 0.727. The quantitative estimate of drug-likeness (QED) is 0.704. The van der Waals surface area contributed by atoms with Crippen molar-refractivity contribution in [2.24, 2.45) is 28.6 Å². The molecule has 1 aliphatic heterocycles. The van der Waals surface area contributed by atoms with E-state index in [0.29, 0.717) is 18.4 Å². The van der Waals surface area contributed by atoms with E-state index in [-0.39, 0.29) is 36.1 Å². The molecule has 0 aromatic heterocycles. The highest BCUT2D eigenvalue weighted by Gasteiger charge is 2.82. The van der Waals surface area contributed by atoms with E-state index in [0.717, 1.165) is 0 Å². The number of hydrogen-bond donors (Lipinski definition) is 2. The maximum absolute atomic E-state index is 15.3. The van der Waals surface area contributed by atoms with Crippen molar-refractivity contribution < 1.29 is 28.9 Å². The molecule has 9 atom stereocenters. The first-order valence-electron chi connectivity index (χ1n) is 10.2. The molecule has 5 rings (SSSR count). The maximum atomic E-state index is 15.3. The van der Waals surface area contributed by atoms with Crippen LogP contribution in [-0.2, 0) is 14.3 Å². The van der Waals surface area contributed by atoms with Crippen LogP contribution in [0.4, 0.5) is 4.39 Å². The minimum absolute atomic E-state index is 0.0931. The number of hydrogen-bond acceptors (Lipinski definition) is 5. The third-order valence-electron chi connectivity index (χ3n) is 9.07. The number of fused-ring (bicyclic) bond motifs is 3. The fourth-order valence-corrected chi connectivity index (χ4v) is 7.69. The van der Waals surface area contributed by atoms with Crippen LogP contribution in [0, 0.1) is 28.6 Å². The van der Waals surface area contributed by atoms with E-state index in [1.807, 2.05) is 20.8 Å². The molecule has 4 fully saturated rings. The molecule has 5 aliphatic rings. The minimum Gasteiger partial charge on any atom is -0.388 e. The predicted octanol–water partition coefficient (Wildman–Crippen LogP) is 1.91. The van der Waals surface area contributed by atoms with Crippen LogP contribution in [0.5, 0.6) is 0 Å². The predicted molar refractivity (Wildman–Crippen MR) is 98.0 cm³/mol. The Hall–Kier alpha value is -1.37. The van der Waals surface area contributed by atoms with E-state index in [4.69, 9.17) is 4.74 Å². The van der Waals surface area contributed by atoms with Crippen molar-refractivity contribution in [1.29, 1.82) is 0 Å². The van der Waals surface area contributed by atoms with Gasteiger partial charge in [0.15, 0.2) is 11.6 Å². The number of aliphatic hydroxyl groups excluding tert-OH is 1. The SMILES string of the molecule is C[C@H]1C[C@H]2[C@@H]3C[C@H](F)C4=CC(=O)C=C[C@]4(C)C34OC4C[C@]2(C)[C@@]1(O)C(=O)CO. The summed E-state index contributed by atoms with van der Waals surface area (Å²) in [5.41, 5.74) is -3.19. The molecule has 0 amide bonds. The summed E-state index contributed by atoms with van der Waals surface area (Å²) in [7, 11) is 0. The van der Waals surface area contributed by atoms with Gasteiger partial charge in [-0.05, 0) is 61.7 Å². The van der Waals surface area contributed by atoms with Gasteiger partial charge in [0.2, 0.25) is 0 Å². The van der Waals surface area contributed by atoms with E-state index in [9.17, 15) is 19.8 Å². The Bertz CT molecular complexity index is 850. The van der Waals surface area contributed by atoms with E-state index < -0.39 is 40.6 Å². The Morgan fingerprint density at radius 2 is 2.04 bits per heavy atom. The lowest BCUT2D eigenvalue weighted by atomic mass is 9.46. The summed E-state index contributed by atoms with van der Waals surface area (Å²) in [4.78, 5) is 24.5. The van der Waals surface area contributed by atoms with Gasteiger partial charge in [-0.3, -0.25) is 9.59 Å². The van der Waals surface area contributed by atoms with Crippen LogP contribution in [0.2, 0.25) is 0 Å². The van der Waals surface area contributed by atoms with Crippen LogP contribution < -0.4 is 0 Å². The Balaban J connectivity index is 1.63. The highest BCUT2D eigenvalue weighted by molar-refractivity contribution is 6.01.